The highest BCUT2D eigenvalue weighted by atomic mass is 35.5. The zero-order chi connectivity index (χ0) is 22.4. The van der Waals surface area contributed by atoms with Gasteiger partial charge in [0.2, 0.25) is 0 Å². The highest BCUT2D eigenvalue weighted by Crippen LogP contribution is 2.37. The first-order valence-electron chi connectivity index (χ1n) is 9.35. The van der Waals surface area contributed by atoms with Crippen LogP contribution in [0.5, 0.6) is 5.75 Å². The summed E-state index contributed by atoms with van der Waals surface area (Å²) >= 11 is 5.83. The van der Waals surface area contributed by atoms with Gasteiger partial charge in [-0.3, -0.25) is 0 Å². The topological polar surface area (TPSA) is 75.7 Å². The summed E-state index contributed by atoms with van der Waals surface area (Å²) in [6.45, 7) is -0.997. The van der Waals surface area contributed by atoms with Crippen molar-refractivity contribution in [3.8, 4) is 5.75 Å². The lowest BCUT2D eigenvalue weighted by molar-refractivity contribution is -0.139. The smallest absolute Gasteiger partial charge is 0.419 e. The van der Waals surface area contributed by atoms with Gasteiger partial charge in [-0.25, -0.2) is 4.39 Å². The summed E-state index contributed by atoms with van der Waals surface area (Å²) in [6, 6.07) is 7.82. The van der Waals surface area contributed by atoms with Crippen LogP contribution in [0, 0.1) is 5.82 Å². The van der Waals surface area contributed by atoms with Gasteiger partial charge in [0.25, 0.3) is 0 Å². The lowest BCUT2D eigenvalue weighted by Gasteiger charge is -2.24. The van der Waals surface area contributed by atoms with Crippen molar-refractivity contribution in [3.05, 3.63) is 63.9 Å². The Balaban J connectivity index is 2.03. The zero-order valence-electron chi connectivity index (χ0n) is 16.2. The zero-order valence-corrected chi connectivity index (χ0v) is 16.9. The molecule has 0 fully saturated rings. The molecule has 0 amide bonds. The molecule has 0 radical (unpaired) electrons. The Morgan fingerprint density at radius 2 is 1.70 bits per heavy atom. The number of rotatable bonds is 10. The van der Waals surface area contributed by atoms with Gasteiger partial charge in [-0.2, -0.15) is 13.2 Å². The summed E-state index contributed by atoms with van der Waals surface area (Å²) < 4.78 is 59.4. The summed E-state index contributed by atoms with van der Waals surface area (Å²) in [7, 11) is 0. The molecule has 0 saturated carbocycles. The summed E-state index contributed by atoms with van der Waals surface area (Å²) in [5, 5.41) is 18.8. The van der Waals surface area contributed by atoms with Crippen LogP contribution >= 0.6 is 11.6 Å². The molecule has 0 bridgehead atoms. The largest absolute Gasteiger partial charge is 0.493 e. The minimum atomic E-state index is -4.63. The lowest BCUT2D eigenvalue weighted by Crippen LogP contribution is -2.47. The predicted molar refractivity (Wildman–Crippen MR) is 106 cm³/mol. The molecular weight excluding hydrogens is 426 g/mol. The molecule has 0 spiro atoms. The molecule has 0 atom stereocenters. The Bertz CT molecular complexity index is 841. The fourth-order valence-electron chi connectivity index (χ4n) is 2.86. The van der Waals surface area contributed by atoms with Gasteiger partial charge in [0.05, 0.1) is 30.9 Å². The Hall–Kier alpha value is -1.87. The molecule has 0 aliphatic heterocycles. The van der Waals surface area contributed by atoms with E-state index in [1.54, 1.807) is 0 Å². The number of halogens is 5. The predicted octanol–water partition coefficient (Wildman–Crippen LogP) is 4.12. The normalized spacial score (nSPS) is 12.3. The number of nitrogens with two attached hydrogens (primary N) is 1. The van der Waals surface area contributed by atoms with Gasteiger partial charge in [0.15, 0.2) is 0 Å². The fourth-order valence-corrected chi connectivity index (χ4v) is 3.06. The molecule has 0 saturated heterocycles. The summed E-state index contributed by atoms with van der Waals surface area (Å²) in [6.07, 6.45) is -3.79. The number of aliphatic hydroxyl groups is 2. The maximum absolute atomic E-state index is 13.7. The minimum absolute atomic E-state index is 0.0324. The molecule has 0 aliphatic carbocycles. The maximum atomic E-state index is 13.7. The van der Waals surface area contributed by atoms with Crippen molar-refractivity contribution in [2.75, 3.05) is 19.8 Å². The first-order chi connectivity index (χ1) is 14.1. The molecule has 0 heterocycles. The number of hydrogen-bond donors (Lipinski definition) is 3. The van der Waals surface area contributed by atoms with Crippen molar-refractivity contribution >= 4 is 11.6 Å². The van der Waals surface area contributed by atoms with Crippen molar-refractivity contribution in [1.82, 2.24) is 0 Å². The summed E-state index contributed by atoms with van der Waals surface area (Å²) in [5.74, 6) is -0.748. The number of aryl methyl sites for hydroxylation is 2. The molecule has 30 heavy (non-hydrogen) atoms. The van der Waals surface area contributed by atoms with E-state index >= 15 is 0 Å². The van der Waals surface area contributed by atoms with Crippen molar-refractivity contribution in [2.45, 2.75) is 37.4 Å². The van der Waals surface area contributed by atoms with E-state index < -0.39 is 36.3 Å². The molecule has 2 aromatic carbocycles. The van der Waals surface area contributed by atoms with E-state index in [-0.39, 0.29) is 31.6 Å². The van der Waals surface area contributed by atoms with Gasteiger partial charge >= 0.3 is 6.18 Å². The molecule has 0 aromatic heterocycles. The SMILES string of the molecule is NC(CO)(CO)CCc1ccc(OCCCc2cc(Cl)ccc2F)c(C(F)(F)F)c1. The van der Waals surface area contributed by atoms with Crippen molar-refractivity contribution in [3.63, 3.8) is 0 Å². The minimum Gasteiger partial charge on any atom is -0.493 e. The van der Waals surface area contributed by atoms with Crippen LogP contribution in [0.1, 0.15) is 29.5 Å². The Labute approximate surface area is 177 Å². The van der Waals surface area contributed by atoms with Gasteiger partial charge in [-0.05, 0) is 67.1 Å². The Morgan fingerprint density at radius 3 is 2.33 bits per heavy atom. The van der Waals surface area contributed by atoms with Crippen LogP contribution in [0.2, 0.25) is 5.02 Å². The van der Waals surface area contributed by atoms with Crippen molar-refractivity contribution in [1.29, 1.82) is 0 Å². The average Bonchev–Trinajstić information content (AvgIpc) is 2.71. The first kappa shape index (κ1) is 24.4. The highest BCUT2D eigenvalue weighted by molar-refractivity contribution is 6.30. The number of hydrogen-bond acceptors (Lipinski definition) is 4. The number of alkyl halides is 3. The van der Waals surface area contributed by atoms with Gasteiger partial charge < -0.3 is 20.7 Å². The number of aliphatic hydroxyl groups excluding tert-OH is 2. The molecule has 0 unspecified atom stereocenters. The van der Waals surface area contributed by atoms with Crippen LogP contribution in [0.3, 0.4) is 0 Å². The van der Waals surface area contributed by atoms with Gasteiger partial charge in [-0.1, -0.05) is 17.7 Å². The average molecular weight is 450 g/mol. The van der Waals surface area contributed by atoms with E-state index in [4.69, 9.17) is 22.1 Å². The Kier molecular flexibility index (Phi) is 8.49. The molecule has 0 aliphatic rings. The van der Waals surface area contributed by atoms with E-state index in [0.717, 1.165) is 6.07 Å². The fraction of sp³-hybridized carbons (Fsp3) is 0.429. The molecule has 166 valence electrons. The molecular formula is C21H24ClF4NO3. The van der Waals surface area contributed by atoms with Crippen LogP contribution in [0.15, 0.2) is 36.4 Å². The second kappa shape index (κ2) is 10.4. The second-order valence-electron chi connectivity index (χ2n) is 7.19. The van der Waals surface area contributed by atoms with Crippen LogP contribution in [-0.2, 0) is 19.0 Å². The van der Waals surface area contributed by atoms with E-state index in [1.165, 1.54) is 30.3 Å². The van der Waals surface area contributed by atoms with E-state index in [2.05, 4.69) is 0 Å². The van der Waals surface area contributed by atoms with Gasteiger partial charge in [0, 0.05) is 5.02 Å². The molecule has 4 nitrogen and oxygen atoms in total. The van der Waals surface area contributed by atoms with Gasteiger partial charge in [0.1, 0.15) is 11.6 Å². The highest BCUT2D eigenvalue weighted by Gasteiger charge is 2.35. The lowest BCUT2D eigenvalue weighted by atomic mass is 9.93. The molecule has 9 heteroatoms. The molecule has 2 aromatic rings. The quantitative estimate of drug-likeness (QED) is 0.376. The maximum Gasteiger partial charge on any atom is 0.419 e. The van der Waals surface area contributed by atoms with E-state index in [0.29, 0.717) is 22.6 Å². The summed E-state index contributed by atoms with van der Waals surface area (Å²) in [5.41, 5.74) is 4.30. The van der Waals surface area contributed by atoms with E-state index in [9.17, 15) is 27.8 Å². The number of benzene rings is 2. The monoisotopic (exact) mass is 449 g/mol. The van der Waals surface area contributed by atoms with Gasteiger partial charge in [-0.15, -0.1) is 0 Å². The third-order valence-electron chi connectivity index (χ3n) is 4.75. The molecule has 4 N–H and O–H groups in total. The van der Waals surface area contributed by atoms with Crippen LogP contribution in [-0.4, -0.2) is 35.6 Å². The Morgan fingerprint density at radius 1 is 1.00 bits per heavy atom. The standard InChI is InChI=1S/C21H24ClF4NO3/c22-16-4-5-18(23)15(11-16)2-1-9-30-19-6-3-14(10-17(19)21(24,25)26)7-8-20(27,12-28)13-29/h3-6,10-11,28-29H,1-2,7-9,12-13,27H2. The third kappa shape index (κ3) is 6.84. The van der Waals surface area contributed by atoms with Crippen molar-refractivity contribution in [2.24, 2.45) is 5.73 Å². The first-order valence-corrected chi connectivity index (χ1v) is 9.73. The van der Waals surface area contributed by atoms with Crippen molar-refractivity contribution < 1.29 is 32.5 Å². The van der Waals surface area contributed by atoms with Crippen LogP contribution in [0.25, 0.3) is 0 Å². The number of ether oxygens (including phenoxy) is 1. The third-order valence-corrected chi connectivity index (χ3v) is 4.98. The summed E-state index contributed by atoms with van der Waals surface area (Å²) in [4.78, 5) is 0. The second-order valence-corrected chi connectivity index (χ2v) is 7.63. The van der Waals surface area contributed by atoms with Crippen LogP contribution < -0.4 is 10.5 Å². The molecule has 2 rings (SSSR count). The van der Waals surface area contributed by atoms with Crippen LogP contribution in [0.4, 0.5) is 17.6 Å². The van der Waals surface area contributed by atoms with E-state index in [1.807, 2.05) is 0 Å².